The Bertz CT molecular complexity index is 1070. The number of nitrogens with zero attached hydrogens (tertiary/aromatic N) is 1. The van der Waals surface area contributed by atoms with Gasteiger partial charge < -0.3 is 10.6 Å². The van der Waals surface area contributed by atoms with Gasteiger partial charge in [0.25, 0.3) is 5.91 Å². The molecular formula is C19H19ClFN3O4S. The predicted octanol–water partition coefficient (Wildman–Crippen LogP) is 3.47. The maximum atomic E-state index is 14.1. The van der Waals surface area contributed by atoms with Gasteiger partial charge in [0.05, 0.1) is 21.2 Å². The minimum atomic E-state index is -3.74. The molecule has 1 fully saturated rings. The van der Waals surface area contributed by atoms with Crippen molar-refractivity contribution in [2.45, 2.75) is 24.7 Å². The molecule has 2 amide bonds. The third-order valence-corrected chi connectivity index (χ3v) is 6.64. The molecule has 0 atom stereocenters. The van der Waals surface area contributed by atoms with Crippen LogP contribution in [-0.2, 0) is 14.8 Å². The van der Waals surface area contributed by atoms with Crippen LogP contribution in [0.15, 0.2) is 41.3 Å². The fourth-order valence-corrected chi connectivity index (χ4v) is 4.76. The Balaban J connectivity index is 1.89. The van der Waals surface area contributed by atoms with Crippen molar-refractivity contribution in [3.8, 4) is 0 Å². The molecule has 2 aromatic carbocycles. The standard InChI is InChI=1S/C19H19ClFN3O4S/c1-12(25)22-13-4-7-17(21)18(10-13)23-19(26)15-11-14(5-6-16(15)20)29(27,28)24-8-2-3-9-24/h4-7,10-11H,2-3,8-9H2,1H3,(H,22,25)(H,23,26). The first kappa shape index (κ1) is 21.2. The Labute approximate surface area is 172 Å². The molecule has 0 aromatic heterocycles. The van der Waals surface area contributed by atoms with Crippen molar-refractivity contribution in [1.82, 2.24) is 4.31 Å². The van der Waals surface area contributed by atoms with E-state index in [1.54, 1.807) is 0 Å². The Hall–Kier alpha value is -2.49. The van der Waals surface area contributed by atoms with Crippen LogP contribution in [0.2, 0.25) is 5.02 Å². The molecule has 1 aliphatic heterocycles. The minimum Gasteiger partial charge on any atom is -0.326 e. The number of carbonyl (C=O) groups is 2. The lowest BCUT2D eigenvalue weighted by Crippen LogP contribution is -2.28. The van der Waals surface area contributed by atoms with Crippen LogP contribution in [0, 0.1) is 5.82 Å². The summed E-state index contributed by atoms with van der Waals surface area (Å²) in [4.78, 5) is 23.8. The van der Waals surface area contributed by atoms with Crippen LogP contribution >= 0.6 is 11.6 Å². The molecule has 2 aromatic rings. The second-order valence-corrected chi connectivity index (χ2v) is 8.93. The van der Waals surface area contributed by atoms with Crippen LogP contribution in [-0.4, -0.2) is 37.6 Å². The first-order valence-corrected chi connectivity index (χ1v) is 10.7. The van der Waals surface area contributed by atoms with Crippen LogP contribution in [0.5, 0.6) is 0 Å². The first-order chi connectivity index (χ1) is 13.7. The number of rotatable bonds is 5. The average molecular weight is 440 g/mol. The van der Waals surface area contributed by atoms with E-state index in [2.05, 4.69) is 10.6 Å². The monoisotopic (exact) mass is 439 g/mol. The maximum absolute atomic E-state index is 14.1. The molecule has 1 saturated heterocycles. The van der Waals surface area contributed by atoms with Crippen LogP contribution in [0.4, 0.5) is 15.8 Å². The lowest BCUT2D eigenvalue weighted by atomic mass is 10.2. The highest BCUT2D eigenvalue weighted by atomic mass is 35.5. The number of sulfonamides is 1. The van der Waals surface area contributed by atoms with E-state index < -0.39 is 21.7 Å². The lowest BCUT2D eigenvalue weighted by molar-refractivity contribution is -0.114. The first-order valence-electron chi connectivity index (χ1n) is 8.86. The molecule has 1 aliphatic rings. The lowest BCUT2D eigenvalue weighted by Gasteiger charge is -2.16. The molecule has 10 heteroatoms. The van der Waals surface area contributed by atoms with Crippen LogP contribution < -0.4 is 10.6 Å². The van der Waals surface area contributed by atoms with Gasteiger partial charge in [-0.25, -0.2) is 12.8 Å². The maximum Gasteiger partial charge on any atom is 0.257 e. The largest absolute Gasteiger partial charge is 0.326 e. The van der Waals surface area contributed by atoms with Crippen LogP contribution in [0.3, 0.4) is 0 Å². The summed E-state index contributed by atoms with van der Waals surface area (Å²) >= 11 is 6.09. The summed E-state index contributed by atoms with van der Waals surface area (Å²) in [5.41, 5.74) is 0.0204. The van der Waals surface area contributed by atoms with E-state index in [1.807, 2.05) is 0 Å². The molecule has 0 spiro atoms. The third-order valence-electron chi connectivity index (χ3n) is 4.42. The summed E-state index contributed by atoms with van der Waals surface area (Å²) in [6.45, 7) is 2.15. The van der Waals surface area contributed by atoms with Crippen molar-refractivity contribution in [2.24, 2.45) is 0 Å². The molecule has 154 valence electrons. The summed E-state index contributed by atoms with van der Waals surface area (Å²) in [5, 5.41) is 4.89. The van der Waals surface area contributed by atoms with Crippen molar-refractivity contribution in [3.63, 3.8) is 0 Å². The number of benzene rings is 2. The summed E-state index contributed by atoms with van der Waals surface area (Å²) in [5.74, 6) is -1.84. The van der Waals surface area contributed by atoms with Gasteiger partial charge >= 0.3 is 0 Å². The summed E-state index contributed by atoms with van der Waals surface area (Å²) in [6, 6.07) is 7.54. The van der Waals surface area contributed by atoms with E-state index in [1.165, 1.54) is 41.6 Å². The number of carbonyl (C=O) groups excluding carboxylic acids is 2. The van der Waals surface area contributed by atoms with Crippen molar-refractivity contribution >= 4 is 44.8 Å². The Morgan fingerprint density at radius 1 is 1.07 bits per heavy atom. The van der Waals surface area contributed by atoms with Crippen molar-refractivity contribution in [3.05, 3.63) is 52.8 Å². The molecule has 29 heavy (non-hydrogen) atoms. The Morgan fingerprint density at radius 3 is 2.41 bits per heavy atom. The van der Waals surface area contributed by atoms with Gasteiger partial charge in [-0.15, -0.1) is 0 Å². The van der Waals surface area contributed by atoms with Crippen molar-refractivity contribution in [2.75, 3.05) is 23.7 Å². The molecule has 1 heterocycles. The predicted molar refractivity (Wildman–Crippen MR) is 108 cm³/mol. The zero-order chi connectivity index (χ0) is 21.2. The molecule has 0 unspecified atom stereocenters. The van der Waals surface area contributed by atoms with Crippen LogP contribution in [0.1, 0.15) is 30.1 Å². The quantitative estimate of drug-likeness (QED) is 0.745. The van der Waals surface area contributed by atoms with Gasteiger partial charge in [-0.1, -0.05) is 11.6 Å². The highest BCUT2D eigenvalue weighted by Gasteiger charge is 2.28. The van der Waals surface area contributed by atoms with Crippen LogP contribution in [0.25, 0.3) is 0 Å². The molecule has 0 radical (unpaired) electrons. The van der Waals surface area contributed by atoms with E-state index in [0.29, 0.717) is 18.8 Å². The fourth-order valence-electron chi connectivity index (χ4n) is 3.01. The topological polar surface area (TPSA) is 95.6 Å². The van der Waals surface area contributed by atoms with Gasteiger partial charge in [0.15, 0.2) is 0 Å². The number of hydrogen-bond donors (Lipinski definition) is 2. The molecule has 0 saturated carbocycles. The summed E-state index contributed by atoms with van der Waals surface area (Å²) < 4.78 is 40.9. The third kappa shape index (κ3) is 4.75. The van der Waals surface area contributed by atoms with Gasteiger partial charge in [0.2, 0.25) is 15.9 Å². The van der Waals surface area contributed by atoms with Gasteiger partial charge in [0.1, 0.15) is 5.82 Å². The second-order valence-electron chi connectivity index (χ2n) is 6.58. The van der Waals surface area contributed by atoms with E-state index in [4.69, 9.17) is 11.6 Å². The van der Waals surface area contributed by atoms with Gasteiger partial charge in [-0.2, -0.15) is 4.31 Å². The number of anilines is 2. The molecule has 2 N–H and O–H groups in total. The summed E-state index contributed by atoms with van der Waals surface area (Å²) in [6.07, 6.45) is 1.56. The smallest absolute Gasteiger partial charge is 0.257 e. The highest BCUT2D eigenvalue weighted by Crippen LogP contribution is 2.27. The normalized spacial score (nSPS) is 14.6. The SMILES string of the molecule is CC(=O)Nc1ccc(F)c(NC(=O)c2cc(S(=O)(=O)N3CCCC3)ccc2Cl)c1. The average Bonchev–Trinajstić information content (AvgIpc) is 3.19. The van der Waals surface area contributed by atoms with Gasteiger partial charge in [-0.05, 0) is 49.2 Å². The highest BCUT2D eigenvalue weighted by molar-refractivity contribution is 7.89. The number of hydrogen-bond acceptors (Lipinski definition) is 4. The summed E-state index contributed by atoms with van der Waals surface area (Å²) in [7, 11) is -3.74. The molecular weight excluding hydrogens is 421 g/mol. The van der Waals surface area contributed by atoms with E-state index in [9.17, 15) is 22.4 Å². The zero-order valence-electron chi connectivity index (χ0n) is 15.5. The minimum absolute atomic E-state index is 0.0290. The van der Waals surface area contributed by atoms with E-state index >= 15 is 0 Å². The van der Waals surface area contributed by atoms with Crippen molar-refractivity contribution < 1.29 is 22.4 Å². The second kappa shape index (κ2) is 8.48. The number of halogens is 2. The zero-order valence-corrected chi connectivity index (χ0v) is 17.1. The molecule has 0 bridgehead atoms. The molecule has 7 nitrogen and oxygen atoms in total. The number of nitrogens with one attached hydrogen (secondary N) is 2. The molecule has 3 rings (SSSR count). The Kier molecular flexibility index (Phi) is 6.21. The molecule has 0 aliphatic carbocycles. The number of amides is 2. The Morgan fingerprint density at radius 2 is 1.76 bits per heavy atom. The van der Waals surface area contributed by atoms with Crippen molar-refractivity contribution in [1.29, 1.82) is 0 Å². The van der Waals surface area contributed by atoms with Gasteiger partial charge in [-0.3, -0.25) is 9.59 Å². The van der Waals surface area contributed by atoms with Gasteiger partial charge in [0, 0.05) is 25.7 Å². The van der Waals surface area contributed by atoms with E-state index in [0.717, 1.165) is 18.9 Å². The van der Waals surface area contributed by atoms with E-state index in [-0.39, 0.29) is 27.1 Å². The fraction of sp³-hybridized carbons (Fsp3) is 0.263.